The van der Waals surface area contributed by atoms with E-state index in [0.717, 1.165) is 30.4 Å². The molecule has 0 aromatic heterocycles. The van der Waals surface area contributed by atoms with E-state index >= 15 is 0 Å². The van der Waals surface area contributed by atoms with Crippen molar-refractivity contribution in [3.8, 4) is 23.7 Å². The van der Waals surface area contributed by atoms with Crippen LogP contribution in [0.25, 0.3) is 0 Å². The Morgan fingerprint density at radius 2 is 1.70 bits per heavy atom. The van der Waals surface area contributed by atoms with E-state index in [4.69, 9.17) is 5.11 Å². The van der Waals surface area contributed by atoms with E-state index in [-0.39, 0.29) is 13.2 Å². The molecule has 0 aliphatic heterocycles. The number of nitrogens with one attached hydrogen (secondary N) is 2. The lowest BCUT2D eigenvalue weighted by Crippen LogP contribution is -2.38. The number of carbonyl (C=O) groups is 2. The fraction of sp³-hybridized carbons (Fsp3) is 0.333. The Balaban J connectivity index is 2.62. The number of carbonyl (C=O) groups excluding carboxylic acids is 2. The maximum Gasteiger partial charge on any atom is 0.310 e. The third kappa shape index (κ3) is 7.17. The van der Waals surface area contributed by atoms with Gasteiger partial charge in [-0.25, -0.2) is 0 Å². The number of rotatable bonds is 4. The Morgan fingerprint density at radius 3 is 2.30 bits per heavy atom. The molecule has 1 rings (SSSR count). The number of unbranched alkanes of at least 4 members (excludes halogenated alkanes) is 2. The lowest BCUT2D eigenvalue weighted by molar-refractivity contribution is -0.138. The van der Waals surface area contributed by atoms with Gasteiger partial charge >= 0.3 is 11.8 Å². The molecule has 1 aromatic rings. The molecule has 0 saturated heterocycles. The molecule has 5 heteroatoms. The minimum Gasteiger partial charge on any atom is -0.396 e. The van der Waals surface area contributed by atoms with Crippen molar-refractivity contribution in [3.63, 3.8) is 0 Å². The van der Waals surface area contributed by atoms with E-state index < -0.39 is 11.8 Å². The lowest BCUT2D eigenvalue weighted by Gasteiger charge is -1.98. The Bertz CT molecular complexity index is 660. The molecule has 23 heavy (non-hydrogen) atoms. The van der Waals surface area contributed by atoms with Crippen LogP contribution in [-0.2, 0) is 9.59 Å². The number of amides is 2. The SMILES string of the molecule is CNC(=O)C(=O)NCC#Cc1ccccc1C#CCCCCO. The first-order valence-electron chi connectivity index (χ1n) is 7.36. The summed E-state index contributed by atoms with van der Waals surface area (Å²) < 4.78 is 0. The smallest absolute Gasteiger partial charge is 0.310 e. The van der Waals surface area contributed by atoms with Gasteiger partial charge in [-0.15, -0.1) is 0 Å². The summed E-state index contributed by atoms with van der Waals surface area (Å²) in [5.74, 6) is 10.5. The molecule has 0 saturated carbocycles. The maximum absolute atomic E-state index is 11.2. The average Bonchev–Trinajstić information content (AvgIpc) is 2.58. The third-order valence-corrected chi connectivity index (χ3v) is 2.85. The fourth-order valence-corrected chi connectivity index (χ4v) is 1.64. The van der Waals surface area contributed by atoms with Crippen molar-refractivity contribution in [2.75, 3.05) is 20.2 Å². The second-order valence-electron chi connectivity index (χ2n) is 4.59. The molecule has 0 aliphatic rings. The maximum atomic E-state index is 11.2. The largest absolute Gasteiger partial charge is 0.396 e. The summed E-state index contributed by atoms with van der Waals surface area (Å²) in [6.07, 6.45) is 2.34. The summed E-state index contributed by atoms with van der Waals surface area (Å²) in [6, 6.07) is 7.48. The second kappa shape index (κ2) is 10.9. The van der Waals surface area contributed by atoms with Gasteiger partial charge in [0.25, 0.3) is 0 Å². The van der Waals surface area contributed by atoms with E-state index in [0.29, 0.717) is 0 Å². The highest BCUT2D eigenvalue weighted by Gasteiger charge is 2.08. The molecule has 0 aliphatic carbocycles. The van der Waals surface area contributed by atoms with Crippen LogP contribution in [-0.4, -0.2) is 37.1 Å². The van der Waals surface area contributed by atoms with Crippen LogP contribution in [0.3, 0.4) is 0 Å². The van der Waals surface area contributed by atoms with Crippen LogP contribution in [0.15, 0.2) is 24.3 Å². The number of aliphatic hydroxyl groups excluding tert-OH is 1. The van der Waals surface area contributed by atoms with Gasteiger partial charge in [0.15, 0.2) is 0 Å². The van der Waals surface area contributed by atoms with Crippen LogP contribution in [0.2, 0.25) is 0 Å². The van der Waals surface area contributed by atoms with Gasteiger partial charge in [-0.05, 0) is 25.0 Å². The number of hydrogen-bond acceptors (Lipinski definition) is 3. The van der Waals surface area contributed by atoms with Crippen LogP contribution in [0.4, 0.5) is 0 Å². The minimum atomic E-state index is -0.709. The summed E-state index contributed by atoms with van der Waals surface area (Å²) in [7, 11) is 1.39. The molecule has 3 N–H and O–H groups in total. The van der Waals surface area contributed by atoms with Crippen molar-refractivity contribution in [1.29, 1.82) is 0 Å². The van der Waals surface area contributed by atoms with Crippen LogP contribution in [0, 0.1) is 23.7 Å². The highest BCUT2D eigenvalue weighted by molar-refractivity contribution is 6.35. The van der Waals surface area contributed by atoms with Crippen molar-refractivity contribution >= 4 is 11.8 Å². The molecular weight excluding hydrogens is 292 g/mol. The highest BCUT2D eigenvalue weighted by atomic mass is 16.3. The zero-order valence-electron chi connectivity index (χ0n) is 13.1. The van der Waals surface area contributed by atoms with Crippen molar-refractivity contribution in [2.45, 2.75) is 19.3 Å². The molecule has 0 bridgehead atoms. The van der Waals surface area contributed by atoms with Crippen molar-refractivity contribution in [3.05, 3.63) is 35.4 Å². The van der Waals surface area contributed by atoms with Crippen LogP contribution >= 0.6 is 0 Å². The number of hydrogen-bond donors (Lipinski definition) is 3. The van der Waals surface area contributed by atoms with Crippen LogP contribution in [0.5, 0.6) is 0 Å². The molecule has 0 fully saturated rings. The third-order valence-electron chi connectivity index (χ3n) is 2.85. The molecule has 2 amide bonds. The zero-order valence-corrected chi connectivity index (χ0v) is 13.1. The average molecular weight is 312 g/mol. The quantitative estimate of drug-likeness (QED) is 0.428. The van der Waals surface area contributed by atoms with Gasteiger partial charge in [0.1, 0.15) is 0 Å². The van der Waals surface area contributed by atoms with Gasteiger partial charge in [-0.2, -0.15) is 0 Å². The van der Waals surface area contributed by atoms with Gasteiger partial charge in [0.2, 0.25) is 0 Å². The zero-order chi connectivity index (χ0) is 16.9. The lowest BCUT2D eigenvalue weighted by atomic mass is 10.1. The van der Waals surface area contributed by atoms with E-state index in [9.17, 15) is 9.59 Å². The van der Waals surface area contributed by atoms with Crippen molar-refractivity contribution in [1.82, 2.24) is 10.6 Å². The summed E-state index contributed by atoms with van der Waals surface area (Å²) in [6.45, 7) is 0.274. The summed E-state index contributed by atoms with van der Waals surface area (Å²) in [5, 5.41) is 13.4. The van der Waals surface area contributed by atoms with E-state index in [1.165, 1.54) is 7.05 Å². The molecule has 0 spiro atoms. The Labute approximate surface area is 136 Å². The predicted molar refractivity (Wildman–Crippen MR) is 88.2 cm³/mol. The first-order chi connectivity index (χ1) is 11.2. The Morgan fingerprint density at radius 1 is 1.04 bits per heavy atom. The van der Waals surface area contributed by atoms with E-state index in [1.54, 1.807) is 0 Å². The number of benzene rings is 1. The first kappa shape index (κ1) is 18.3. The molecule has 1 aromatic carbocycles. The number of aliphatic hydroxyl groups is 1. The van der Waals surface area contributed by atoms with Crippen LogP contribution < -0.4 is 10.6 Å². The van der Waals surface area contributed by atoms with Gasteiger partial charge in [-0.3, -0.25) is 9.59 Å². The fourth-order valence-electron chi connectivity index (χ4n) is 1.64. The summed E-state index contributed by atoms with van der Waals surface area (Å²) in [4.78, 5) is 22.3. The first-order valence-corrected chi connectivity index (χ1v) is 7.36. The minimum absolute atomic E-state index is 0.0878. The van der Waals surface area contributed by atoms with E-state index in [2.05, 4.69) is 34.3 Å². The van der Waals surface area contributed by atoms with Crippen molar-refractivity contribution in [2.24, 2.45) is 0 Å². The topological polar surface area (TPSA) is 78.4 Å². The van der Waals surface area contributed by atoms with Crippen LogP contribution in [0.1, 0.15) is 30.4 Å². The van der Waals surface area contributed by atoms with Gasteiger partial charge < -0.3 is 15.7 Å². The summed E-state index contributed by atoms with van der Waals surface area (Å²) >= 11 is 0. The molecule has 0 atom stereocenters. The molecule has 5 nitrogen and oxygen atoms in total. The molecule has 0 radical (unpaired) electrons. The summed E-state index contributed by atoms with van der Waals surface area (Å²) in [5.41, 5.74) is 1.60. The van der Waals surface area contributed by atoms with Gasteiger partial charge in [0, 0.05) is 31.2 Å². The molecule has 0 heterocycles. The standard InChI is InChI=1S/C18H20N2O3/c1-19-17(22)18(23)20-13-8-12-16-11-6-5-10-15(16)9-4-2-3-7-14-21/h5-6,10-11,21H,2-3,7,13-14H2,1H3,(H,19,22)(H,20,23). The second-order valence-corrected chi connectivity index (χ2v) is 4.59. The Hall–Kier alpha value is -2.76. The van der Waals surface area contributed by atoms with Gasteiger partial charge in [-0.1, -0.05) is 35.8 Å². The molecular formula is C18H20N2O3. The molecule has 120 valence electrons. The Kier molecular flexibility index (Phi) is 8.66. The number of likely N-dealkylation sites (N-methyl/N-ethyl adjacent to an activating group) is 1. The normalized spacial score (nSPS) is 8.96. The monoisotopic (exact) mass is 312 g/mol. The van der Waals surface area contributed by atoms with E-state index in [1.807, 2.05) is 24.3 Å². The molecule has 0 unspecified atom stereocenters. The highest BCUT2D eigenvalue weighted by Crippen LogP contribution is 2.05. The van der Waals surface area contributed by atoms with Crippen molar-refractivity contribution < 1.29 is 14.7 Å². The predicted octanol–water partition coefficient (Wildman–Crippen LogP) is 0.414. The van der Waals surface area contributed by atoms with Gasteiger partial charge in [0.05, 0.1) is 6.54 Å².